The van der Waals surface area contributed by atoms with Crippen LogP contribution in [0.5, 0.6) is 0 Å². The van der Waals surface area contributed by atoms with Crippen molar-refractivity contribution < 1.29 is 9.21 Å². The summed E-state index contributed by atoms with van der Waals surface area (Å²) in [5.41, 5.74) is 3.51. The van der Waals surface area contributed by atoms with E-state index in [1.807, 2.05) is 54.0 Å². The maximum atomic E-state index is 13.4. The van der Waals surface area contributed by atoms with Crippen LogP contribution in [0.15, 0.2) is 65.2 Å². The monoisotopic (exact) mass is 463 g/mol. The Bertz CT molecular complexity index is 1440. The Morgan fingerprint density at radius 2 is 1.84 bits per heavy atom. The molecule has 7 nitrogen and oxygen atoms in total. The Labute approximate surface area is 192 Å². The van der Waals surface area contributed by atoms with E-state index in [4.69, 9.17) is 27.6 Å². The second-order valence-corrected chi connectivity index (χ2v) is 8.04. The van der Waals surface area contributed by atoms with Crippen LogP contribution in [0.2, 0.25) is 10.2 Å². The van der Waals surface area contributed by atoms with Gasteiger partial charge in [0.1, 0.15) is 10.8 Å². The predicted octanol–water partition coefficient (Wildman–Crippen LogP) is 5.38. The van der Waals surface area contributed by atoms with Crippen molar-refractivity contribution in [2.24, 2.45) is 0 Å². The molecule has 0 saturated heterocycles. The Balaban J connectivity index is 1.60. The van der Waals surface area contributed by atoms with Crippen LogP contribution in [0.25, 0.3) is 22.5 Å². The molecule has 32 heavy (non-hydrogen) atoms. The minimum absolute atomic E-state index is 0.110. The standard InChI is InChI=1S/C23H15Cl2N5O2/c1-13-4-9-18-16(11-13)19(21(25)30(18)12-14-5-7-15(24)8-6-14)20(31)23-29-28-22(32-23)17-3-2-10-26-27-17/h2-11H,12H2,1H3. The van der Waals surface area contributed by atoms with Crippen molar-refractivity contribution >= 4 is 39.9 Å². The Morgan fingerprint density at radius 3 is 2.59 bits per heavy atom. The van der Waals surface area contributed by atoms with Crippen molar-refractivity contribution in [2.45, 2.75) is 13.5 Å². The molecule has 0 saturated carbocycles. The summed E-state index contributed by atoms with van der Waals surface area (Å²) in [4.78, 5) is 13.4. The molecule has 3 heterocycles. The zero-order chi connectivity index (χ0) is 22.2. The highest BCUT2D eigenvalue weighted by molar-refractivity contribution is 6.36. The first-order valence-corrected chi connectivity index (χ1v) is 10.5. The van der Waals surface area contributed by atoms with Crippen LogP contribution in [-0.4, -0.2) is 30.7 Å². The molecular weight excluding hydrogens is 449 g/mol. The molecule has 0 amide bonds. The van der Waals surface area contributed by atoms with E-state index in [0.29, 0.717) is 33.4 Å². The molecule has 0 aliphatic rings. The van der Waals surface area contributed by atoms with Crippen molar-refractivity contribution in [3.05, 3.63) is 93.6 Å². The number of carbonyl (C=O) groups excluding carboxylic acids is 1. The fraction of sp³-hybridized carbons (Fsp3) is 0.0870. The molecular formula is C23H15Cl2N5O2. The molecule has 2 aromatic carbocycles. The van der Waals surface area contributed by atoms with Crippen molar-refractivity contribution in [3.8, 4) is 11.6 Å². The van der Waals surface area contributed by atoms with Gasteiger partial charge in [0.2, 0.25) is 0 Å². The van der Waals surface area contributed by atoms with Gasteiger partial charge >= 0.3 is 0 Å². The third kappa shape index (κ3) is 3.66. The van der Waals surface area contributed by atoms with E-state index in [2.05, 4.69) is 20.4 Å². The summed E-state index contributed by atoms with van der Waals surface area (Å²) in [5, 5.41) is 17.3. The van der Waals surface area contributed by atoms with Gasteiger partial charge in [-0.3, -0.25) is 4.79 Å². The van der Waals surface area contributed by atoms with Gasteiger partial charge in [0.05, 0.1) is 11.1 Å². The molecule has 3 aromatic heterocycles. The van der Waals surface area contributed by atoms with Crippen molar-refractivity contribution in [2.75, 3.05) is 0 Å². The maximum absolute atomic E-state index is 13.4. The van der Waals surface area contributed by atoms with Crippen LogP contribution in [-0.2, 0) is 6.54 Å². The number of hydrogen-bond acceptors (Lipinski definition) is 6. The highest BCUT2D eigenvalue weighted by Gasteiger charge is 2.27. The van der Waals surface area contributed by atoms with Crippen molar-refractivity contribution in [1.29, 1.82) is 0 Å². The van der Waals surface area contributed by atoms with Gasteiger partial charge in [-0.15, -0.1) is 15.3 Å². The minimum atomic E-state index is -0.455. The molecule has 0 aliphatic heterocycles. The molecule has 0 N–H and O–H groups in total. The van der Waals surface area contributed by atoms with Gasteiger partial charge in [-0.2, -0.15) is 5.10 Å². The molecule has 0 unspecified atom stereocenters. The smallest absolute Gasteiger partial charge is 0.289 e. The lowest BCUT2D eigenvalue weighted by molar-refractivity contribution is 0.100. The van der Waals surface area contributed by atoms with Crippen LogP contribution < -0.4 is 0 Å². The molecule has 0 spiro atoms. The van der Waals surface area contributed by atoms with Crippen LogP contribution in [0, 0.1) is 6.92 Å². The molecule has 0 aliphatic carbocycles. The molecule has 0 radical (unpaired) electrons. The quantitative estimate of drug-likeness (QED) is 0.325. The summed E-state index contributed by atoms with van der Waals surface area (Å²) in [6.07, 6.45) is 1.53. The number of benzene rings is 2. The first-order chi connectivity index (χ1) is 15.5. The number of rotatable bonds is 5. The number of ketones is 1. The van der Waals surface area contributed by atoms with E-state index < -0.39 is 5.78 Å². The highest BCUT2D eigenvalue weighted by atomic mass is 35.5. The average Bonchev–Trinajstić information content (AvgIpc) is 3.39. The van der Waals surface area contributed by atoms with Gasteiger partial charge in [0.25, 0.3) is 17.6 Å². The lowest BCUT2D eigenvalue weighted by Crippen LogP contribution is -2.04. The second-order valence-electron chi connectivity index (χ2n) is 7.25. The number of nitrogens with zero attached hydrogens (tertiary/aromatic N) is 5. The van der Waals surface area contributed by atoms with Gasteiger partial charge in [0.15, 0.2) is 0 Å². The molecule has 5 aromatic rings. The lowest BCUT2D eigenvalue weighted by atomic mass is 10.1. The summed E-state index contributed by atoms with van der Waals surface area (Å²) in [6, 6.07) is 16.7. The van der Waals surface area contributed by atoms with Gasteiger partial charge in [0, 0.05) is 23.2 Å². The Morgan fingerprint density at radius 1 is 1.03 bits per heavy atom. The fourth-order valence-corrected chi connectivity index (χ4v) is 3.99. The fourth-order valence-electron chi connectivity index (χ4n) is 3.52. The van der Waals surface area contributed by atoms with Crippen LogP contribution in [0.1, 0.15) is 27.4 Å². The SMILES string of the molecule is Cc1ccc2c(c1)c(C(=O)c1nnc(-c3cccnn3)o1)c(Cl)n2Cc1ccc(Cl)cc1. The first-order valence-electron chi connectivity index (χ1n) is 9.70. The normalized spacial score (nSPS) is 11.2. The number of halogens is 2. The molecule has 5 rings (SSSR count). The molecule has 9 heteroatoms. The van der Waals surface area contributed by atoms with Gasteiger partial charge in [-0.1, -0.05) is 47.0 Å². The van der Waals surface area contributed by atoms with E-state index in [1.54, 1.807) is 12.1 Å². The van der Waals surface area contributed by atoms with Crippen LogP contribution in [0.3, 0.4) is 0 Å². The van der Waals surface area contributed by atoms with Gasteiger partial charge in [-0.25, -0.2) is 0 Å². The topological polar surface area (TPSA) is 86.7 Å². The highest BCUT2D eigenvalue weighted by Crippen LogP contribution is 2.33. The van der Waals surface area contributed by atoms with Crippen LogP contribution in [0.4, 0.5) is 0 Å². The van der Waals surface area contributed by atoms with Crippen molar-refractivity contribution in [3.63, 3.8) is 0 Å². The van der Waals surface area contributed by atoms with E-state index in [0.717, 1.165) is 16.6 Å². The zero-order valence-electron chi connectivity index (χ0n) is 16.8. The number of fused-ring (bicyclic) bond motifs is 1. The third-order valence-electron chi connectivity index (χ3n) is 5.05. The van der Waals surface area contributed by atoms with E-state index >= 15 is 0 Å². The van der Waals surface area contributed by atoms with Crippen molar-refractivity contribution in [1.82, 2.24) is 25.0 Å². The van der Waals surface area contributed by atoms with Gasteiger partial charge < -0.3 is 8.98 Å². The molecule has 0 bridgehead atoms. The Kier molecular flexibility index (Phi) is 5.20. The maximum Gasteiger partial charge on any atom is 0.289 e. The molecule has 0 fully saturated rings. The van der Waals surface area contributed by atoms with E-state index in [1.165, 1.54) is 6.20 Å². The summed E-state index contributed by atoms with van der Waals surface area (Å²) in [6.45, 7) is 2.43. The average molecular weight is 464 g/mol. The molecule has 158 valence electrons. The minimum Gasteiger partial charge on any atom is -0.412 e. The summed E-state index contributed by atoms with van der Waals surface area (Å²) < 4.78 is 7.49. The summed E-state index contributed by atoms with van der Waals surface area (Å²) in [7, 11) is 0. The summed E-state index contributed by atoms with van der Waals surface area (Å²) >= 11 is 12.8. The van der Waals surface area contributed by atoms with E-state index in [9.17, 15) is 4.79 Å². The number of hydrogen-bond donors (Lipinski definition) is 0. The largest absolute Gasteiger partial charge is 0.412 e. The lowest BCUT2D eigenvalue weighted by Gasteiger charge is -2.08. The second kappa shape index (κ2) is 8.18. The zero-order valence-corrected chi connectivity index (χ0v) is 18.3. The first kappa shape index (κ1) is 20.4. The third-order valence-corrected chi connectivity index (χ3v) is 5.69. The van der Waals surface area contributed by atoms with E-state index in [-0.39, 0.29) is 11.8 Å². The van der Waals surface area contributed by atoms with Gasteiger partial charge in [-0.05, 0) is 48.9 Å². The summed E-state index contributed by atoms with van der Waals surface area (Å²) in [5.74, 6) is -0.513. The Hall–Kier alpha value is -3.55. The number of aromatic nitrogens is 5. The number of aryl methyl sites for hydroxylation is 1. The van der Waals surface area contributed by atoms with Crippen LogP contribution >= 0.6 is 23.2 Å². The molecule has 0 atom stereocenters. The number of carbonyl (C=O) groups is 1. The predicted molar refractivity (Wildman–Crippen MR) is 121 cm³/mol.